The number of thiol groups is 2. The summed E-state index contributed by atoms with van der Waals surface area (Å²) in [6.07, 6.45) is 0.671. The Bertz CT molecular complexity index is 119. The van der Waals surface area contributed by atoms with E-state index in [9.17, 15) is 4.21 Å². The lowest BCUT2D eigenvalue weighted by Gasteiger charge is -2.06. The predicted octanol–water partition coefficient (Wildman–Crippen LogP) is 1.52. The van der Waals surface area contributed by atoms with Gasteiger partial charge in [-0.15, -0.1) is 11.8 Å². The van der Waals surface area contributed by atoms with E-state index in [0.29, 0.717) is 12.2 Å². The van der Waals surface area contributed by atoms with E-state index in [1.807, 2.05) is 0 Å². The van der Waals surface area contributed by atoms with Crippen LogP contribution in [0.25, 0.3) is 0 Å². The summed E-state index contributed by atoms with van der Waals surface area (Å²) in [5.74, 6) is 2.08. The minimum absolute atomic E-state index is 0.165. The van der Waals surface area contributed by atoms with Gasteiger partial charge in [0, 0.05) is 10.3 Å². The zero-order valence-electron chi connectivity index (χ0n) is 5.97. The summed E-state index contributed by atoms with van der Waals surface area (Å²) < 4.78 is 18.8. The molecule has 0 amide bonds. The Morgan fingerprint density at radius 3 is 2.73 bits per heavy atom. The third-order valence-corrected chi connectivity index (χ3v) is 3.82. The first-order valence-electron chi connectivity index (χ1n) is 3.14. The summed E-state index contributed by atoms with van der Waals surface area (Å²) in [5, 5.41) is 0. The van der Waals surface area contributed by atoms with Crippen molar-refractivity contribution in [2.45, 2.75) is 11.0 Å². The van der Waals surface area contributed by atoms with E-state index in [-0.39, 0.29) is 4.58 Å². The van der Waals surface area contributed by atoms with Gasteiger partial charge >= 0.3 is 0 Å². The predicted molar refractivity (Wildman–Crippen MR) is 59.3 cm³/mol. The molecule has 2 atom stereocenters. The Kier molecular flexibility index (Phi) is 8.61. The van der Waals surface area contributed by atoms with Gasteiger partial charge in [-0.05, 0) is 12.2 Å². The Morgan fingerprint density at radius 1 is 1.64 bits per heavy atom. The van der Waals surface area contributed by atoms with Gasteiger partial charge in [-0.3, -0.25) is 0 Å². The molecule has 0 aliphatic heterocycles. The maximum atomic E-state index is 10.2. The Morgan fingerprint density at radius 2 is 2.27 bits per heavy atom. The van der Waals surface area contributed by atoms with E-state index in [4.69, 9.17) is 4.55 Å². The molecule has 11 heavy (non-hydrogen) atoms. The van der Waals surface area contributed by atoms with E-state index in [2.05, 4.69) is 25.3 Å². The fourth-order valence-electron chi connectivity index (χ4n) is 0.474. The van der Waals surface area contributed by atoms with Gasteiger partial charge < -0.3 is 4.55 Å². The van der Waals surface area contributed by atoms with Crippen LogP contribution in [-0.2, 0) is 11.1 Å². The molecule has 2 nitrogen and oxygen atoms in total. The zero-order chi connectivity index (χ0) is 8.69. The molecule has 6 heteroatoms. The van der Waals surface area contributed by atoms with Crippen molar-refractivity contribution in [3.63, 3.8) is 0 Å². The van der Waals surface area contributed by atoms with Crippen LogP contribution in [0.2, 0.25) is 0 Å². The summed E-state index contributed by atoms with van der Waals surface area (Å²) in [6, 6.07) is 0. The number of hydrogen-bond donors (Lipinski definition) is 3. The lowest BCUT2D eigenvalue weighted by atomic mass is 10.6. The fourth-order valence-corrected chi connectivity index (χ4v) is 2.66. The van der Waals surface area contributed by atoms with Crippen LogP contribution in [0.15, 0.2) is 0 Å². The van der Waals surface area contributed by atoms with E-state index < -0.39 is 11.1 Å². The average Bonchev–Trinajstić information content (AvgIpc) is 1.97. The highest BCUT2D eigenvalue weighted by Crippen LogP contribution is 2.18. The average molecular weight is 232 g/mol. The van der Waals surface area contributed by atoms with Gasteiger partial charge in [0.05, 0.1) is 5.75 Å². The lowest BCUT2D eigenvalue weighted by Crippen LogP contribution is -2.03. The van der Waals surface area contributed by atoms with Gasteiger partial charge in [0.15, 0.2) is 11.1 Å². The molecular formula is C5H12O2S4. The summed E-state index contributed by atoms with van der Waals surface area (Å²) in [7, 11) is 0. The highest BCUT2D eigenvalue weighted by molar-refractivity contribution is 8.10. The van der Waals surface area contributed by atoms with Crippen LogP contribution in [-0.4, -0.2) is 30.6 Å². The molecule has 0 saturated heterocycles. The molecule has 0 aliphatic carbocycles. The smallest absolute Gasteiger partial charge is 0.152 e. The molecule has 0 bridgehead atoms. The molecule has 0 aliphatic rings. The third kappa shape index (κ3) is 9.07. The molecule has 0 heterocycles. The highest BCUT2D eigenvalue weighted by atomic mass is 32.2. The number of hydrogen-bond acceptors (Lipinski definition) is 4. The first kappa shape index (κ1) is 12.2. The third-order valence-electron chi connectivity index (χ3n) is 0.941. The topological polar surface area (TPSA) is 37.3 Å². The van der Waals surface area contributed by atoms with Gasteiger partial charge in [-0.25, -0.2) is 4.21 Å². The van der Waals surface area contributed by atoms with E-state index in [1.165, 1.54) is 0 Å². The van der Waals surface area contributed by atoms with Crippen LogP contribution in [0.3, 0.4) is 0 Å². The van der Waals surface area contributed by atoms with Crippen molar-refractivity contribution in [1.29, 1.82) is 0 Å². The van der Waals surface area contributed by atoms with Gasteiger partial charge in [-0.1, -0.05) is 0 Å². The van der Waals surface area contributed by atoms with E-state index in [1.54, 1.807) is 11.8 Å². The quantitative estimate of drug-likeness (QED) is 0.369. The van der Waals surface area contributed by atoms with Crippen LogP contribution in [0.5, 0.6) is 0 Å². The molecule has 2 unspecified atom stereocenters. The van der Waals surface area contributed by atoms with Crippen LogP contribution >= 0.6 is 37.0 Å². The highest BCUT2D eigenvalue weighted by Gasteiger charge is 2.04. The van der Waals surface area contributed by atoms with Gasteiger partial charge in [0.1, 0.15) is 0 Å². The molecule has 0 saturated carbocycles. The van der Waals surface area contributed by atoms with Gasteiger partial charge in [0.25, 0.3) is 0 Å². The van der Waals surface area contributed by atoms with Crippen molar-refractivity contribution in [1.82, 2.24) is 0 Å². The molecule has 0 aromatic heterocycles. The Labute approximate surface area is 85.0 Å². The van der Waals surface area contributed by atoms with Crippen molar-refractivity contribution in [3.05, 3.63) is 0 Å². The second kappa shape index (κ2) is 7.79. The molecule has 0 fully saturated rings. The molecule has 0 rings (SSSR count). The molecular weight excluding hydrogens is 220 g/mol. The normalized spacial score (nSPS) is 16.3. The van der Waals surface area contributed by atoms with Crippen LogP contribution in [0.1, 0.15) is 6.42 Å². The first-order chi connectivity index (χ1) is 5.16. The molecule has 0 spiro atoms. The molecule has 0 aromatic rings. The minimum atomic E-state index is -1.67. The second-order valence-corrected chi connectivity index (χ2v) is 5.65. The second-order valence-electron chi connectivity index (χ2n) is 1.86. The maximum Gasteiger partial charge on any atom is 0.152 e. The SMILES string of the molecule is O=S(O)CCC(S)SCCS. The lowest BCUT2D eigenvalue weighted by molar-refractivity contribution is 0.563. The summed E-state index contributed by atoms with van der Waals surface area (Å²) in [6.45, 7) is 0. The minimum Gasteiger partial charge on any atom is -0.306 e. The number of thioether (sulfide) groups is 1. The van der Waals surface area contributed by atoms with Gasteiger partial charge in [-0.2, -0.15) is 25.3 Å². The molecule has 0 aromatic carbocycles. The van der Waals surface area contributed by atoms with Crippen molar-refractivity contribution in [2.75, 3.05) is 17.3 Å². The number of rotatable bonds is 6. The van der Waals surface area contributed by atoms with Crippen LogP contribution in [0, 0.1) is 0 Å². The maximum absolute atomic E-state index is 10.2. The summed E-state index contributed by atoms with van der Waals surface area (Å²) in [4.78, 5) is 0. The Balaban J connectivity index is 3.22. The van der Waals surface area contributed by atoms with Gasteiger partial charge in [0.2, 0.25) is 0 Å². The molecule has 0 radical (unpaired) electrons. The van der Waals surface area contributed by atoms with E-state index in [0.717, 1.165) is 11.5 Å². The van der Waals surface area contributed by atoms with Crippen LogP contribution in [0.4, 0.5) is 0 Å². The fraction of sp³-hybridized carbons (Fsp3) is 1.00. The molecule has 1 N–H and O–H groups in total. The molecule has 68 valence electrons. The largest absolute Gasteiger partial charge is 0.306 e. The van der Waals surface area contributed by atoms with Crippen LogP contribution < -0.4 is 0 Å². The monoisotopic (exact) mass is 232 g/mol. The van der Waals surface area contributed by atoms with Crippen molar-refractivity contribution >= 4 is 48.1 Å². The van der Waals surface area contributed by atoms with Crippen molar-refractivity contribution in [3.8, 4) is 0 Å². The summed E-state index contributed by atoms with van der Waals surface area (Å²) >= 11 is 8.25. The standard InChI is InChI=1S/C5H12O2S4/c6-11(7)4-1-5(9)10-3-2-8/h5,8-9H,1-4H2,(H,6,7). The summed E-state index contributed by atoms with van der Waals surface area (Å²) in [5.41, 5.74) is 0. The van der Waals surface area contributed by atoms with E-state index >= 15 is 0 Å². The first-order valence-corrected chi connectivity index (χ1v) is 6.62. The Hall–Kier alpha value is 1.16. The zero-order valence-corrected chi connectivity index (χ0v) is 9.39. The van der Waals surface area contributed by atoms with Crippen molar-refractivity contribution in [2.24, 2.45) is 0 Å². The van der Waals surface area contributed by atoms with Crippen molar-refractivity contribution < 1.29 is 8.76 Å².